The molecule has 10 nitrogen and oxygen atoms in total. The van der Waals surface area contributed by atoms with E-state index in [1.807, 2.05) is 66.7 Å². The van der Waals surface area contributed by atoms with Crippen LogP contribution in [0.3, 0.4) is 0 Å². The van der Waals surface area contributed by atoms with E-state index in [-0.39, 0.29) is 11.8 Å². The summed E-state index contributed by atoms with van der Waals surface area (Å²) in [5.74, 6) is -0.0469. The second-order valence-electron chi connectivity index (χ2n) is 12.0. The van der Waals surface area contributed by atoms with E-state index in [1.165, 1.54) is 0 Å². The third kappa shape index (κ3) is 5.42. The maximum absolute atomic E-state index is 13.9. The first-order valence-electron chi connectivity index (χ1n) is 14.7. The second-order valence-corrected chi connectivity index (χ2v) is 12.0. The number of hydroxylamine groups is 1. The molecule has 3 heterocycles. The lowest BCUT2D eigenvalue weighted by Crippen LogP contribution is -2.34. The van der Waals surface area contributed by atoms with Gasteiger partial charge in [0.2, 0.25) is 0 Å². The normalized spacial score (nSPS) is 12.8. The van der Waals surface area contributed by atoms with Crippen LogP contribution in [0, 0.1) is 0 Å². The van der Waals surface area contributed by atoms with Crippen LogP contribution in [0.2, 0.25) is 0 Å². The maximum Gasteiger partial charge on any atom is 0.441 e. The van der Waals surface area contributed by atoms with Crippen molar-refractivity contribution in [2.75, 3.05) is 16.8 Å². The van der Waals surface area contributed by atoms with Gasteiger partial charge in [-0.2, -0.15) is 5.48 Å². The van der Waals surface area contributed by atoms with Gasteiger partial charge < -0.3 is 29.8 Å². The Kier molecular flexibility index (Phi) is 6.69. The number of para-hydroxylation sites is 1. The Hall–Kier alpha value is -5.77. The fraction of sp³-hybridized carbons (Fsp3) is 0.171. The number of benzene rings is 4. The van der Waals surface area contributed by atoms with Crippen molar-refractivity contribution in [3.63, 3.8) is 0 Å². The molecular formula is C35H31N5O5. The molecule has 0 unspecified atom stereocenters. The van der Waals surface area contributed by atoms with E-state index in [4.69, 9.17) is 9.57 Å². The Balaban J connectivity index is 1.13. The van der Waals surface area contributed by atoms with E-state index >= 15 is 0 Å². The first-order valence-corrected chi connectivity index (χ1v) is 14.7. The number of anilines is 2. The maximum atomic E-state index is 13.9. The van der Waals surface area contributed by atoms with Gasteiger partial charge in [0, 0.05) is 45.5 Å². The minimum atomic E-state index is -0.713. The molecule has 10 heteroatoms. The highest BCUT2D eigenvalue weighted by Crippen LogP contribution is 2.40. The lowest BCUT2D eigenvalue weighted by Gasteiger charge is -2.21. The monoisotopic (exact) mass is 601 g/mol. The van der Waals surface area contributed by atoms with E-state index < -0.39 is 11.7 Å². The highest BCUT2D eigenvalue weighted by molar-refractivity contribution is 6.11. The first kappa shape index (κ1) is 28.0. The first-order chi connectivity index (χ1) is 21.6. The van der Waals surface area contributed by atoms with Gasteiger partial charge in [-0.05, 0) is 74.5 Å². The van der Waals surface area contributed by atoms with E-state index in [1.54, 1.807) is 43.9 Å². The number of nitrogens with zero attached hydrogens (tertiary/aromatic N) is 1. The van der Waals surface area contributed by atoms with Gasteiger partial charge in [-0.1, -0.05) is 42.5 Å². The minimum absolute atomic E-state index is 0.199. The number of nitrogens with one attached hydrogen (secondary N) is 4. The third-order valence-electron chi connectivity index (χ3n) is 7.74. The number of hydrogen-bond donors (Lipinski definition) is 4. The van der Waals surface area contributed by atoms with Crippen LogP contribution >= 0.6 is 0 Å². The second kappa shape index (κ2) is 10.7. The molecule has 226 valence electrons. The molecule has 4 N–H and O–H groups in total. The molecular weight excluding hydrogens is 570 g/mol. The van der Waals surface area contributed by atoms with Crippen LogP contribution in [-0.4, -0.2) is 40.0 Å². The molecule has 6 aromatic rings. The Morgan fingerprint density at radius 1 is 0.800 bits per heavy atom. The van der Waals surface area contributed by atoms with Crippen molar-refractivity contribution in [2.24, 2.45) is 0 Å². The zero-order valence-electron chi connectivity index (χ0n) is 25.0. The molecule has 0 radical (unpaired) electrons. The number of hydrogen-bond acceptors (Lipinski definition) is 5. The summed E-state index contributed by atoms with van der Waals surface area (Å²) in [5, 5.41) is 6.45. The van der Waals surface area contributed by atoms with Crippen LogP contribution in [0.4, 0.5) is 16.2 Å². The molecule has 0 fully saturated rings. The molecule has 0 bridgehead atoms. The molecule has 2 aromatic heterocycles. The van der Waals surface area contributed by atoms with E-state index in [2.05, 4.69) is 20.8 Å². The van der Waals surface area contributed by atoms with Gasteiger partial charge in [-0.25, -0.2) is 4.79 Å². The quantitative estimate of drug-likeness (QED) is 0.157. The largest absolute Gasteiger partial charge is 0.442 e. The Morgan fingerprint density at radius 2 is 1.51 bits per heavy atom. The number of ether oxygens (including phenoxy) is 1. The topological polar surface area (TPSA) is 129 Å². The average molecular weight is 602 g/mol. The van der Waals surface area contributed by atoms with E-state index in [9.17, 15) is 14.4 Å². The van der Waals surface area contributed by atoms with Gasteiger partial charge in [0.05, 0.1) is 5.69 Å². The Bertz CT molecular complexity index is 2100. The summed E-state index contributed by atoms with van der Waals surface area (Å²) < 4.78 is 5.31. The number of rotatable bonds is 5. The molecule has 1 aliphatic rings. The number of aromatic nitrogens is 2. The number of fused-ring (bicyclic) bond motifs is 5. The molecule has 0 saturated heterocycles. The Morgan fingerprint density at radius 3 is 2.31 bits per heavy atom. The SMILES string of the molecule is CC(C)(C)OC(=O)NOc1cc2c(c3ccccc13)CCN2C(=O)c1cc2cc(NC(=O)c3cc4ccccc4[nH]3)ccc2[nH]1. The number of aromatic amines is 2. The number of H-pyrrole nitrogens is 2. The molecule has 1 aliphatic heterocycles. The van der Waals surface area contributed by atoms with Crippen molar-refractivity contribution in [2.45, 2.75) is 32.8 Å². The number of amides is 3. The molecule has 0 saturated carbocycles. The molecule has 3 amide bonds. The molecule has 7 rings (SSSR count). The predicted octanol–water partition coefficient (Wildman–Crippen LogP) is 7.08. The van der Waals surface area contributed by atoms with Crippen LogP contribution in [-0.2, 0) is 11.2 Å². The number of carbonyl (C=O) groups is 3. The smallest absolute Gasteiger partial charge is 0.441 e. The van der Waals surface area contributed by atoms with Crippen molar-refractivity contribution in [3.05, 3.63) is 102 Å². The summed E-state index contributed by atoms with van der Waals surface area (Å²) >= 11 is 0. The summed E-state index contributed by atoms with van der Waals surface area (Å²) in [5.41, 5.74) is 6.58. The molecule has 0 aliphatic carbocycles. The fourth-order valence-electron chi connectivity index (χ4n) is 5.79. The average Bonchev–Trinajstić information content (AvgIpc) is 3.75. The van der Waals surface area contributed by atoms with Crippen molar-refractivity contribution >= 4 is 61.9 Å². The van der Waals surface area contributed by atoms with Gasteiger partial charge in [0.15, 0.2) is 5.75 Å². The van der Waals surface area contributed by atoms with E-state index in [0.29, 0.717) is 41.5 Å². The summed E-state index contributed by atoms with van der Waals surface area (Å²) in [6.07, 6.45) is -0.0408. The van der Waals surface area contributed by atoms with Gasteiger partial charge in [-0.3, -0.25) is 9.59 Å². The lowest BCUT2D eigenvalue weighted by atomic mass is 10.0. The fourth-order valence-corrected chi connectivity index (χ4v) is 5.79. The van der Waals surface area contributed by atoms with Crippen molar-refractivity contribution in [3.8, 4) is 5.75 Å². The van der Waals surface area contributed by atoms with Gasteiger partial charge >= 0.3 is 6.09 Å². The standard InChI is InChI=1S/C35H31N5O5/c1-35(2,3)44-34(43)39-45-31-19-30-24(23-9-5-6-10-25(23)31)14-15-40(30)33(42)29-18-21-16-22(12-13-27(21)38-29)36-32(41)28-17-20-8-4-7-11-26(20)37-28/h4-13,16-19,37-38H,14-15H2,1-3H3,(H,36,41)(H,39,43). The Labute approximate surface area is 258 Å². The van der Waals surface area contributed by atoms with Crippen molar-refractivity contribution in [1.82, 2.24) is 15.4 Å². The van der Waals surface area contributed by atoms with Crippen molar-refractivity contribution < 1.29 is 24.0 Å². The molecule has 0 atom stereocenters. The highest BCUT2D eigenvalue weighted by atomic mass is 16.7. The van der Waals surface area contributed by atoms with Crippen LogP contribution in [0.15, 0.2) is 84.9 Å². The van der Waals surface area contributed by atoms with E-state index in [0.717, 1.165) is 38.1 Å². The third-order valence-corrected chi connectivity index (χ3v) is 7.74. The van der Waals surface area contributed by atoms with Gasteiger partial charge in [0.1, 0.15) is 17.0 Å². The summed E-state index contributed by atoms with van der Waals surface area (Å²) in [7, 11) is 0. The minimum Gasteiger partial charge on any atom is -0.442 e. The van der Waals surface area contributed by atoms with Crippen LogP contribution < -0.4 is 20.5 Å². The van der Waals surface area contributed by atoms with Crippen LogP contribution in [0.5, 0.6) is 5.75 Å². The summed E-state index contributed by atoms with van der Waals surface area (Å²) in [4.78, 5) is 52.9. The summed E-state index contributed by atoms with van der Waals surface area (Å²) in [6.45, 7) is 5.80. The molecule has 45 heavy (non-hydrogen) atoms. The lowest BCUT2D eigenvalue weighted by molar-refractivity contribution is 0.0290. The molecule has 4 aromatic carbocycles. The zero-order valence-corrected chi connectivity index (χ0v) is 25.0. The van der Waals surface area contributed by atoms with Gasteiger partial charge in [-0.15, -0.1) is 0 Å². The van der Waals surface area contributed by atoms with Crippen LogP contribution in [0.25, 0.3) is 32.6 Å². The zero-order chi connectivity index (χ0) is 31.3. The van der Waals surface area contributed by atoms with Gasteiger partial charge in [0.25, 0.3) is 11.8 Å². The highest BCUT2D eigenvalue weighted by Gasteiger charge is 2.30. The summed E-state index contributed by atoms with van der Waals surface area (Å²) in [6, 6.07) is 26.3. The van der Waals surface area contributed by atoms with Crippen LogP contribution in [0.1, 0.15) is 47.3 Å². The predicted molar refractivity (Wildman–Crippen MR) is 174 cm³/mol. The number of carbonyl (C=O) groups excluding carboxylic acids is 3. The molecule has 0 spiro atoms. The van der Waals surface area contributed by atoms with Crippen molar-refractivity contribution in [1.29, 1.82) is 0 Å².